The maximum atomic E-state index is 2.42. The Kier molecular flexibility index (Phi) is 10.2. The molecule has 0 atom stereocenters. The third-order valence-corrected chi connectivity index (χ3v) is 13.9. The van der Waals surface area contributed by atoms with Gasteiger partial charge in [0.2, 0.25) is 0 Å². The Morgan fingerprint density at radius 2 is 0.629 bits per heavy atom. The molecule has 2 nitrogen and oxygen atoms in total. The van der Waals surface area contributed by atoms with Crippen molar-refractivity contribution in [2.45, 2.75) is 0 Å². The number of aromatic nitrogens is 1. The zero-order valence-corrected chi connectivity index (χ0v) is 38.5. The van der Waals surface area contributed by atoms with Crippen LogP contribution in [0.15, 0.2) is 279 Å². The molecule has 0 N–H and O–H groups in total. The standard InChI is InChI=1S/C68H46N2/c1-5-19-47(20-6-1)51-25-17-29-57(43-51)69(56-39-35-48(36-40-56)53-38-42-66-63(45-53)61-32-15-16-34-65(61)70(66)55-27-11-4-12-28-55)58-30-18-26-52(44-58)54-37-41-60-59-31-13-14-33-62(59)67(49-21-7-2-8-22-49)68(64(60)46-54)50-23-9-3-10-24-50/h1-46H. The van der Waals surface area contributed by atoms with Gasteiger partial charge in [0, 0.05) is 33.5 Å². The molecule has 12 aromatic carbocycles. The second-order valence-corrected chi connectivity index (χ2v) is 18.1. The zero-order valence-electron chi connectivity index (χ0n) is 38.5. The Morgan fingerprint density at radius 3 is 1.29 bits per heavy atom. The summed E-state index contributed by atoms with van der Waals surface area (Å²) in [6.45, 7) is 0. The highest BCUT2D eigenvalue weighted by Crippen LogP contribution is 2.46. The molecule has 0 saturated carbocycles. The van der Waals surface area contributed by atoms with Gasteiger partial charge in [-0.1, -0.05) is 206 Å². The maximum Gasteiger partial charge on any atom is 0.0541 e. The van der Waals surface area contributed by atoms with Crippen molar-refractivity contribution < 1.29 is 0 Å². The van der Waals surface area contributed by atoms with Crippen LogP contribution in [0.2, 0.25) is 0 Å². The number of hydrogen-bond acceptors (Lipinski definition) is 1. The highest BCUT2D eigenvalue weighted by Gasteiger charge is 2.20. The van der Waals surface area contributed by atoms with E-state index < -0.39 is 0 Å². The molecule has 0 fully saturated rings. The predicted octanol–water partition coefficient (Wildman–Crippen LogP) is 18.9. The molecule has 0 aliphatic carbocycles. The second-order valence-electron chi connectivity index (χ2n) is 18.1. The molecule has 0 bridgehead atoms. The first kappa shape index (κ1) is 41.0. The highest BCUT2D eigenvalue weighted by molar-refractivity contribution is 6.22. The quantitative estimate of drug-likeness (QED) is 0.131. The van der Waals surface area contributed by atoms with E-state index >= 15 is 0 Å². The van der Waals surface area contributed by atoms with Gasteiger partial charge in [-0.15, -0.1) is 0 Å². The normalized spacial score (nSPS) is 11.4. The average Bonchev–Trinajstić information content (AvgIpc) is 3.77. The van der Waals surface area contributed by atoms with Crippen molar-refractivity contribution in [3.05, 3.63) is 279 Å². The Labute approximate surface area is 408 Å². The largest absolute Gasteiger partial charge is 0.310 e. The summed E-state index contributed by atoms with van der Waals surface area (Å²) in [5, 5.41) is 7.48. The summed E-state index contributed by atoms with van der Waals surface area (Å²) >= 11 is 0. The summed E-state index contributed by atoms with van der Waals surface area (Å²) in [5.41, 5.74) is 18.8. The van der Waals surface area contributed by atoms with E-state index in [1.165, 1.54) is 87.9 Å². The van der Waals surface area contributed by atoms with Crippen LogP contribution in [0.25, 0.3) is 105 Å². The van der Waals surface area contributed by atoms with Crippen LogP contribution in [0.3, 0.4) is 0 Å². The van der Waals surface area contributed by atoms with Crippen molar-refractivity contribution in [1.29, 1.82) is 0 Å². The van der Waals surface area contributed by atoms with Gasteiger partial charge >= 0.3 is 0 Å². The highest BCUT2D eigenvalue weighted by atomic mass is 15.1. The van der Waals surface area contributed by atoms with Gasteiger partial charge in [-0.05, 0) is 150 Å². The fraction of sp³-hybridized carbons (Fsp3) is 0. The minimum absolute atomic E-state index is 1.08. The van der Waals surface area contributed by atoms with E-state index in [0.29, 0.717) is 0 Å². The van der Waals surface area contributed by atoms with Crippen molar-refractivity contribution >= 4 is 60.4 Å². The molecule has 13 aromatic rings. The fourth-order valence-corrected chi connectivity index (χ4v) is 10.7. The lowest BCUT2D eigenvalue weighted by molar-refractivity contribution is 1.18. The van der Waals surface area contributed by atoms with Crippen molar-refractivity contribution in [1.82, 2.24) is 4.57 Å². The van der Waals surface area contributed by atoms with Crippen LogP contribution in [-0.4, -0.2) is 4.57 Å². The summed E-state index contributed by atoms with van der Waals surface area (Å²) in [5.74, 6) is 0. The maximum absolute atomic E-state index is 2.42. The molecule has 2 heteroatoms. The number of hydrogen-bond donors (Lipinski definition) is 0. The number of benzene rings is 12. The van der Waals surface area contributed by atoms with Gasteiger partial charge in [-0.3, -0.25) is 0 Å². The Hall–Kier alpha value is -9.24. The summed E-state index contributed by atoms with van der Waals surface area (Å²) in [4.78, 5) is 2.40. The molecule has 1 aromatic heterocycles. The van der Waals surface area contributed by atoms with Gasteiger partial charge in [-0.2, -0.15) is 0 Å². The molecule has 0 amide bonds. The number of rotatable bonds is 9. The molecule has 1 heterocycles. The molecule has 0 saturated heterocycles. The topological polar surface area (TPSA) is 8.17 Å². The van der Waals surface area contributed by atoms with Crippen molar-refractivity contribution in [3.8, 4) is 61.3 Å². The van der Waals surface area contributed by atoms with E-state index in [1.54, 1.807) is 0 Å². The van der Waals surface area contributed by atoms with Crippen LogP contribution in [0.1, 0.15) is 0 Å². The van der Waals surface area contributed by atoms with Gasteiger partial charge in [0.25, 0.3) is 0 Å². The molecule has 70 heavy (non-hydrogen) atoms. The third-order valence-electron chi connectivity index (χ3n) is 13.9. The van der Waals surface area contributed by atoms with Gasteiger partial charge in [0.05, 0.1) is 11.0 Å². The van der Waals surface area contributed by atoms with E-state index in [0.717, 1.165) is 33.9 Å². The Bertz CT molecular complexity index is 4020. The summed E-state index contributed by atoms with van der Waals surface area (Å²) < 4.78 is 2.37. The third kappa shape index (κ3) is 7.22. The molecular weight excluding hydrogens is 845 g/mol. The Balaban J connectivity index is 0.948. The molecule has 328 valence electrons. The van der Waals surface area contributed by atoms with Gasteiger partial charge < -0.3 is 9.47 Å². The zero-order chi connectivity index (χ0) is 46.4. The summed E-state index contributed by atoms with van der Waals surface area (Å²) in [6, 6.07) is 102. The van der Waals surface area contributed by atoms with Gasteiger partial charge in [0.15, 0.2) is 0 Å². The summed E-state index contributed by atoms with van der Waals surface area (Å²) in [6.07, 6.45) is 0. The van der Waals surface area contributed by atoms with Crippen molar-refractivity contribution in [3.63, 3.8) is 0 Å². The van der Waals surface area contributed by atoms with Gasteiger partial charge in [0.1, 0.15) is 0 Å². The first-order valence-electron chi connectivity index (χ1n) is 24.1. The minimum Gasteiger partial charge on any atom is -0.310 e. The van der Waals surface area contributed by atoms with Crippen LogP contribution in [-0.2, 0) is 0 Å². The van der Waals surface area contributed by atoms with Crippen LogP contribution in [0.4, 0.5) is 17.1 Å². The first-order chi connectivity index (χ1) is 34.7. The smallest absolute Gasteiger partial charge is 0.0541 e. The molecule has 0 unspecified atom stereocenters. The van der Waals surface area contributed by atoms with E-state index in [9.17, 15) is 0 Å². The first-order valence-corrected chi connectivity index (χ1v) is 24.1. The molecule has 0 radical (unpaired) electrons. The van der Waals surface area contributed by atoms with E-state index in [1.807, 2.05) is 0 Å². The molecule has 0 spiro atoms. The number of fused-ring (bicyclic) bond motifs is 6. The fourth-order valence-electron chi connectivity index (χ4n) is 10.7. The van der Waals surface area contributed by atoms with Crippen molar-refractivity contribution in [2.75, 3.05) is 4.90 Å². The van der Waals surface area contributed by atoms with E-state index in [4.69, 9.17) is 0 Å². The van der Waals surface area contributed by atoms with Gasteiger partial charge in [-0.25, -0.2) is 0 Å². The van der Waals surface area contributed by atoms with Crippen molar-refractivity contribution in [2.24, 2.45) is 0 Å². The molecular formula is C68H46N2. The average molecular weight is 891 g/mol. The van der Waals surface area contributed by atoms with Crippen LogP contribution in [0, 0.1) is 0 Å². The van der Waals surface area contributed by atoms with Crippen LogP contribution < -0.4 is 4.90 Å². The summed E-state index contributed by atoms with van der Waals surface area (Å²) in [7, 11) is 0. The lowest BCUT2D eigenvalue weighted by Gasteiger charge is -2.27. The predicted molar refractivity (Wildman–Crippen MR) is 298 cm³/mol. The lowest BCUT2D eigenvalue weighted by atomic mass is 9.84. The number of para-hydroxylation sites is 2. The molecule has 0 aliphatic rings. The Morgan fingerprint density at radius 1 is 0.214 bits per heavy atom. The van der Waals surface area contributed by atoms with Crippen LogP contribution >= 0.6 is 0 Å². The van der Waals surface area contributed by atoms with E-state index in [2.05, 4.69) is 289 Å². The van der Waals surface area contributed by atoms with Crippen LogP contribution in [0.5, 0.6) is 0 Å². The minimum atomic E-state index is 1.08. The molecule has 13 rings (SSSR count). The molecule has 0 aliphatic heterocycles. The lowest BCUT2D eigenvalue weighted by Crippen LogP contribution is -2.10. The number of anilines is 3. The second kappa shape index (κ2) is 17.4. The SMILES string of the molecule is c1ccc(-c2cccc(N(c3ccc(-c4ccc5c(c4)c4ccccc4n5-c4ccccc4)cc3)c3cccc(-c4ccc5c(c4)c(-c4ccccc4)c(-c4ccccc4)c4ccccc45)c3)c2)cc1. The monoisotopic (exact) mass is 890 g/mol. The number of nitrogens with zero attached hydrogens (tertiary/aromatic N) is 2. The van der Waals surface area contributed by atoms with E-state index in [-0.39, 0.29) is 0 Å².